The summed E-state index contributed by atoms with van der Waals surface area (Å²) >= 11 is 0. The zero-order chi connectivity index (χ0) is 21.5. The van der Waals surface area contributed by atoms with Crippen LogP contribution in [-0.2, 0) is 19.1 Å². The molecule has 1 N–H and O–H groups in total. The van der Waals surface area contributed by atoms with E-state index in [9.17, 15) is 9.59 Å². The fraction of sp³-hybridized carbons (Fsp3) is 0.905. The number of quaternary nitrogens is 1. The standard InChI is InChI=1S/C10H21NO2.C5H11P.C4H8O2.C2H6/c1-4-5-6-8-11(2)9-7-10(12)13-3;1-6-4-2-3-5-6;1-3-4(5)6-2;1-2/h4-9H2,1-3H3;2-5H2,1H3;3H2,1-2H3;1-2H3/p+2. The summed E-state index contributed by atoms with van der Waals surface area (Å²) in [6.07, 6.45) is 11.0. The van der Waals surface area contributed by atoms with Crippen molar-refractivity contribution >= 4 is 19.9 Å². The molecule has 1 rings (SSSR count). The number of methoxy groups -OCH3 is 2. The molecular weight excluding hydrogens is 361 g/mol. The molecule has 0 aromatic carbocycles. The SMILES string of the molecule is CC.CCC(=O)OC.CCCCC[NH+](C)CCC(=O)OC.C[PH+]1CCCC1. The molecule has 1 unspecified atom stereocenters. The monoisotopic (exact) mass is 409 g/mol. The second-order valence-electron chi connectivity index (χ2n) is 6.58. The molecule has 0 aliphatic carbocycles. The Morgan fingerprint density at radius 3 is 1.74 bits per heavy atom. The Morgan fingerprint density at radius 1 is 0.926 bits per heavy atom. The van der Waals surface area contributed by atoms with Crippen LogP contribution in [0.1, 0.15) is 72.6 Å². The normalized spacial score (nSPS) is 13.6. The molecule has 0 amide bonds. The molecule has 0 spiro atoms. The van der Waals surface area contributed by atoms with Crippen LogP contribution in [0.4, 0.5) is 0 Å². The van der Waals surface area contributed by atoms with Gasteiger partial charge in [-0.15, -0.1) is 0 Å². The number of nitrogens with one attached hydrogen (secondary N) is 1. The summed E-state index contributed by atoms with van der Waals surface area (Å²) < 4.78 is 8.83. The van der Waals surface area contributed by atoms with E-state index in [1.54, 1.807) is 19.2 Å². The van der Waals surface area contributed by atoms with Crippen LogP contribution in [0.3, 0.4) is 0 Å². The summed E-state index contributed by atoms with van der Waals surface area (Å²) in [5.41, 5.74) is 0. The third-order valence-corrected chi connectivity index (χ3v) is 6.58. The predicted octanol–water partition coefficient (Wildman–Crippen LogP) is 3.47. The molecule has 6 heteroatoms. The molecule has 27 heavy (non-hydrogen) atoms. The minimum absolute atomic E-state index is 0.102. The number of ether oxygens (including phenoxy) is 2. The summed E-state index contributed by atoms with van der Waals surface area (Å²) in [7, 11) is 5.19. The lowest BCUT2D eigenvalue weighted by molar-refractivity contribution is -0.879. The molecule has 0 bridgehead atoms. The molecule has 5 nitrogen and oxygen atoms in total. The van der Waals surface area contributed by atoms with Crippen molar-refractivity contribution in [1.82, 2.24) is 0 Å². The molecule has 1 aliphatic rings. The molecule has 0 radical (unpaired) electrons. The van der Waals surface area contributed by atoms with Gasteiger partial charge in [0.1, 0.15) is 0 Å². The van der Waals surface area contributed by atoms with Gasteiger partial charge in [-0.05, 0) is 33.6 Å². The van der Waals surface area contributed by atoms with Gasteiger partial charge in [0.15, 0.2) is 0 Å². The number of rotatable bonds is 8. The maximum Gasteiger partial charge on any atom is 0.311 e. The smallest absolute Gasteiger partial charge is 0.311 e. The van der Waals surface area contributed by atoms with E-state index in [4.69, 9.17) is 0 Å². The minimum atomic E-state index is -0.157. The van der Waals surface area contributed by atoms with E-state index in [-0.39, 0.29) is 19.9 Å². The van der Waals surface area contributed by atoms with E-state index in [0.717, 1.165) is 13.1 Å². The first-order valence-corrected chi connectivity index (χ1v) is 13.1. The van der Waals surface area contributed by atoms with Gasteiger partial charge < -0.3 is 14.4 Å². The zero-order valence-electron chi connectivity index (χ0n) is 19.4. The quantitative estimate of drug-likeness (QED) is 0.379. The molecule has 1 saturated heterocycles. The number of carbonyl (C=O) groups excluding carboxylic acids is 2. The number of esters is 2. The predicted molar refractivity (Wildman–Crippen MR) is 120 cm³/mol. The van der Waals surface area contributed by atoms with E-state index < -0.39 is 0 Å². The molecule has 0 aromatic heterocycles. The van der Waals surface area contributed by atoms with E-state index in [2.05, 4.69) is 30.1 Å². The Balaban J connectivity index is -0.000000341. The van der Waals surface area contributed by atoms with Gasteiger partial charge in [0.2, 0.25) is 0 Å². The van der Waals surface area contributed by atoms with Crippen molar-refractivity contribution in [2.24, 2.45) is 0 Å². The van der Waals surface area contributed by atoms with Crippen LogP contribution in [0, 0.1) is 0 Å². The van der Waals surface area contributed by atoms with Crippen LogP contribution in [0.2, 0.25) is 0 Å². The first-order chi connectivity index (χ1) is 12.9. The molecule has 1 atom stereocenters. The van der Waals surface area contributed by atoms with Gasteiger partial charge in [-0.1, -0.05) is 34.1 Å². The fourth-order valence-corrected chi connectivity index (χ4v) is 4.30. The maximum atomic E-state index is 10.8. The van der Waals surface area contributed by atoms with Crippen molar-refractivity contribution in [2.75, 3.05) is 53.3 Å². The third-order valence-electron chi connectivity index (χ3n) is 4.16. The topological polar surface area (TPSA) is 57.0 Å². The first kappa shape index (κ1) is 31.0. The molecule has 1 fully saturated rings. The van der Waals surface area contributed by atoms with Crippen molar-refractivity contribution in [3.8, 4) is 0 Å². The van der Waals surface area contributed by atoms with Gasteiger partial charge >= 0.3 is 11.9 Å². The average Bonchev–Trinajstić information content (AvgIpc) is 3.19. The van der Waals surface area contributed by atoms with Crippen LogP contribution in [-0.4, -0.2) is 65.3 Å². The lowest BCUT2D eigenvalue weighted by Crippen LogP contribution is -3.09. The Labute approximate surface area is 170 Å². The Bertz CT molecular complexity index is 315. The van der Waals surface area contributed by atoms with Crippen molar-refractivity contribution in [3.63, 3.8) is 0 Å². The van der Waals surface area contributed by atoms with E-state index >= 15 is 0 Å². The summed E-state index contributed by atoms with van der Waals surface area (Å²) in [5.74, 6) is -0.259. The second kappa shape index (κ2) is 25.3. The first-order valence-electron chi connectivity index (χ1n) is 10.7. The maximum absolute atomic E-state index is 10.8. The van der Waals surface area contributed by atoms with E-state index in [1.165, 1.54) is 51.2 Å². The van der Waals surface area contributed by atoms with Gasteiger partial charge in [0, 0.05) is 13.1 Å². The molecule has 1 aliphatic heterocycles. The second-order valence-corrected chi connectivity index (χ2v) is 9.50. The van der Waals surface area contributed by atoms with Crippen LogP contribution in [0.15, 0.2) is 0 Å². The van der Waals surface area contributed by atoms with Gasteiger partial charge in [-0.25, -0.2) is 0 Å². The highest BCUT2D eigenvalue weighted by Crippen LogP contribution is 2.38. The van der Waals surface area contributed by atoms with Gasteiger partial charge in [0.05, 0.1) is 53.1 Å². The fourth-order valence-electron chi connectivity index (χ4n) is 2.34. The Morgan fingerprint density at radius 2 is 1.44 bits per heavy atom. The zero-order valence-corrected chi connectivity index (χ0v) is 20.4. The van der Waals surface area contributed by atoms with Crippen molar-refractivity contribution in [3.05, 3.63) is 0 Å². The van der Waals surface area contributed by atoms with E-state index in [1.807, 2.05) is 13.8 Å². The lowest BCUT2D eigenvalue weighted by Gasteiger charge is -2.12. The van der Waals surface area contributed by atoms with E-state index in [0.29, 0.717) is 12.8 Å². The molecular formula is C21H48NO4P+2. The summed E-state index contributed by atoms with van der Waals surface area (Å²) in [6.45, 7) is 12.4. The van der Waals surface area contributed by atoms with Crippen molar-refractivity contribution in [2.45, 2.75) is 72.6 Å². The van der Waals surface area contributed by atoms with Crippen molar-refractivity contribution < 1.29 is 24.0 Å². The number of hydrogen-bond donors (Lipinski definition) is 1. The molecule has 0 saturated carbocycles. The largest absolute Gasteiger partial charge is 0.469 e. The number of unbranched alkanes of at least 4 members (excludes halogenated alkanes) is 2. The van der Waals surface area contributed by atoms with Crippen LogP contribution >= 0.6 is 7.92 Å². The minimum Gasteiger partial charge on any atom is -0.469 e. The van der Waals surface area contributed by atoms with Gasteiger partial charge in [-0.3, -0.25) is 9.59 Å². The van der Waals surface area contributed by atoms with Crippen LogP contribution in [0.25, 0.3) is 0 Å². The molecule has 0 aromatic rings. The highest BCUT2D eigenvalue weighted by atomic mass is 31.1. The van der Waals surface area contributed by atoms with Gasteiger partial charge in [0.25, 0.3) is 0 Å². The Hall–Kier alpha value is -0.670. The van der Waals surface area contributed by atoms with Gasteiger partial charge in [-0.2, -0.15) is 0 Å². The molecule has 1 heterocycles. The van der Waals surface area contributed by atoms with Crippen molar-refractivity contribution in [1.29, 1.82) is 0 Å². The molecule has 164 valence electrons. The van der Waals surface area contributed by atoms with Crippen LogP contribution < -0.4 is 4.90 Å². The highest BCUT2D eigenvalue weighted by Gasteiger charge is 2.14. The van der Waals surface area contributed by atoms with Crippen LogP contribution in [0.5, 0.6) is 0 Å². The summed E-state index contributed by atoms with van der Waals surface area (Å²) in [6, 6.07) is 0. The average molecular weight is 410 g/mol. The number of hydrogen-bond acceptors (Lipinski definition) is 4. The third kappa shape index (κ3) is 27.6. The summed E-state index contributed by atoms with van der Waals surface area (Å²) in [4.78, 5) is 22.2. The number of carbonyl (C=O) groups is 2. The highest BCUT2D eigenvalue weighted by molar-refractivity contribution is 7.57. The summed E-state index contributed by atoms with van der Waals surface area (Å²) in [5, 5.41) is 0. The lowest BCUT2D eigenvalue weighted by atomic mass is 10.2. The Kier molecular flexibility index (Phi) is 29.1.